The second-order valence-electron chi connectivity index (χ2n) is 4.51. The zero-order chi connectivity index (χ0) is 11.1. The fourth-order valence-electron chi connectivity index (χ4n) is 1.63. The Morgan fingerprint density at radius 2 is 1.08 bits per heavy atom. The van der Waals surface area contributed by atoms with Gasteiger partial charge in [-0.3, -0.25) is 0 Å². The standard InChI is InChI=1S/C11H24.C2H2/c1-7-10(4,5)11(6,8-2)9-3;1-2/h7-9H2,1-6H3;1-2H. The van der Waals surface area contributed by atoms with Gasteiger partial charge in [0, 0.05) is 0 Å². The highest BCUT2D eigenvalue weighted by Gasteiger charge is 2.35. The van der Waals surface area contributed by atoms with E-state index in [0.717, 1.165) is 0 Å². The molecule has 0 aromatic carbocycles. The van der Waals surface area contributed by atoms with Crippen LogP contribution in [0.1, 0.15) is 60.8 Å². The van der Waals surface area contributed by atoms with Crippen molar-refractivity contribution in [2.24, 2.45) is 10.8 Å². The van der Waals surface area contributed by atoms with Crippen molar-refractivity contribution in [2.75, 3.05) is 0 Å². The van der Waals surface area contributed by atoms with Crippen LogP contribution in [-0.2, 0) is 0 Å². The SMILES string of the molecule is C#C.CCC(C)(C)C(C)(CC)CC. The molecule has 0 fully saturated rings. The molecule has 0 spiro atoms. The van der Waals surface area contributed by atoms with E-state index < -0.39 is 0 Å². The second-order valence-corrected chi connectivity index (χ2v) is 4.51. The first kappa shape index (κ1) is 15.1. The van der Waals surface area contributed by atoms with Gasteiger partial charge >= 0.3 is 0 Å². The van der Waals surface area contributed by atoms with Crippen molar-refractivity contribution >= 4 is 0 Å². The van der Waals surface area contributed by atoms with Crippen LogP contribution in [0.3, 0.4) is 0 Å². The zero-order valence-corrected chi connectivity index (χ0v) is 10.3. The first-order valence-corrected chi connectivity index (χ1v) is 5.27. The topological polar surface area (TPSA) is 0 Å². The Hall–Kier alpha value is -0.440. The van der Waals surface area contributed by atoms with Gasteiger partial charge in [-0.05, 0) is 10.8 Å². The van der Waals surface area contributed by atoms with Crippen LogP contribution in [0.25, 0.3) is 0 Å². The van der Waals surface area contributed by atoms with Crippen LogP contribution in [0.4, 0.5) is 0 Å². The molecule has 0 atom stereocenters. The molecule has 78 valence electrons. The van der Waals surface area contributed by atoms with Gasteiger partial charge < -0.3 is 0 Å². The Kier molecular flexibility index (Phi) is 7.04. The van der Waals surface area contributed by atoms with E-state index in [2.05, 4.69) is 54.4 Å². The predicted molar refractivity (Wildman–Crippen MR) is 62.7 cm³/mol. The van der Waals surface area contributed by atoms with Gasteiger partial charge in [0.2, 0.25) is 0 Å². The lowest BCUT2D eigenvalue weighted by atomic mass is 9.62. The maximum absolute atomic E-state index is 4.00. The number of hydrogen-bond acceptors (Lipinski definition) is 0. The summed E-state index contributed by atoms with van der Waals surface area (Å²) in [5.74, 6) is 0. The molecule has 0 bridgehead atoms. The van der Waals surface area contributed by atoms with Crippen LogP contribution in [0.5, 0.6) is 0 Å². The largest absolute Gasteiger partial charge is 0.124 e. The summed E-state index contributed by atoms with van der Waals surface area (Å²) < 4.78 is 0. The van der Waals surface area contributed by atoms with E-state index in [9.17, 15) is 0 Å². The molecular formula is C13H26. The Balaban J connectivity index is 0. The molecule has 0 saturated carbocycles. The Bertz CT molecular complexity index is 135. The normalized spacial score (nSPS) is 11.7. The van der Waals surface area contributed by atoms with Gasteiger partial charge in [-0.15, -0.1) is 12.8 Å². The molecule has 0 amide bonds. The Morgan fingerprint density at radius 3 is 1.15 bits per heavy atom. The molecule has 0 rings (SSSR count). The highest BCUT2D eigenvalue weighted by molar-refractivity contribution is 4.86. The monoisotopic (exact) mass is 182 g/mol. The summed E-state index contributed by atoms with van der Waals surface area (Å²) in [6.45, 7) is 14.1. The third kappa shape index (κ3) is 3.43. The lowest BCUT2D eigenvalue weighted by Crippen LogP contribution is -2.33. The highest BCUT2D eigenvalue weighted by Crippen LogP contribution is 2.46. The number of terminal acetylenes is 1. The molecule has 13 heavy (non-hydrogen) atoms. The lowest BCUT2D eigenvalue weighted by Gasteiger charge is -2.43. The highest BCUT2D eigenvalue weighted by atomic mass is 14.4. The Labute approximate surface area is 85.1 Å². The van der Waals surface area contributed by atoms with Crippen molar-refractivity contribution in [1.82, 2.24) is 0 Å². The van der Waals surface area contributed by atoms with Crippen molar-refractivity contribution in [3.63, 3.8) is 0 Å². The third-order valence-electron chi connectivity index (χ3n) is 4.08. The molecule has 0 heteroatoms. The van der Waals surface area contributed by atoms with E-state index >= 15 is 0 Å². The average molecular weight is 182 g/mol. The fraction of sp³-hybridized carbons (Fsp3) is 0.846. The van der Waals surface area contributed by atoms with E-state index in [1.165, 1.54) is 19.3 Å². The summed E-state index contributed by atoms with van der Waals surface area (Å²) in [6.07, 6.45) is 11.9. The maximum Gasteiger partial charge on any atom is -0.0280 e. The summed E-state index contributed by atoms with van der Waals surface area (Å²) in [7, 11) is 0. The molecule has 0 aromatic rings. The summed E-state index contributed by atoms with van der Waals surface area (Å²) in [5.41, 5.74) is 1.03. The van der Waals surface area contributed by atoms with E-state index in [1.807, 2.05) is 0 Å². The molecule has 0 nitrogen and oxygen atoms in total. The van der Waals surface area contributed by atoms with Gasteiger partial charge in [0.05, 0.1) is 0 Å². The minimum atomic E-state index is 0.497. The van der Waals surface area contributed by atoms with Gasteiger partial charge in [-0.2, -0.15) is 0 Å². The first-order chi connectivity index (χ1) is 5.93. The molecule has 0 unspecified atom stereocenters. The quantitative estimate of drug-likeness (QED) is 0.562. The molecule has 0 N–H and O–H groups in total. The second kappa shape index (κ2) is 6.08. The molecule has 0 aliphatic rings. The number of hydrogen-bond donors (Lipinski definition) is 0. The molecule has 0 heterocycles. The predicted octanol–water partition coefficient (Wildman–Crippen LogP) is 4.50. The van der Waals surface area contributed by atoms with Crippen molar-refractivity contribution in [2.45, 2.75) is 60.8 Å². The van der Waals surface area contributed by atoms with Gasteiger partial charge in [0.25, 0.3) is 0 Å². The van der Waals surface area contributed by atoms with Crippen molar-refractivity contribution < 1.29 is 0 Å². The van der Waals surface area contributed by atoms with Crippen molar-refractivity contribution in [3.05, 3.63) is 0 Å². The van der Waals surface area contributed by atoms with E-state index in [4.69, 9.17) is 0 Å². The van der Waals surface area contributed by atoms with Crippen LogP contribution >= 0.6 is 0 Å². The first-order valence-electron chi connectivity index (χ1n) is 5.27. The summed E-state index contributed by atoms with van der Waals surface area (Å²) in [6, 6.07) is 0. The van der Waals surface area contributed by atoms with Gasteiger partial charge in [0.15, 0.2) is 0 Å². The summed E-state index contributed by atoms with van der Waals surface area (Å²) in [5, 5.41) is 0. The van der Waals surface area contributed by atoms with Crippen LogP contribution in [0.15, 0.2) is 0 Å². The maximum atomic E-state index is 4.00. The van der Waals surface area contributed by atoms with Crippen LogP contribution < -0.4 is 0 Å². The van der Waals surface area contributed by atoms with Gasteiger partial charge in [-0.25, -0.2) is 0 Å². The van der Waals surface area contributed by atoms with Crippen molar-refractivity contribution in [3.8, 4) is 12.8 Å². The van der Waals surface area contributed by atoms with E-state index in [1.54, 1.807) is 0 Å². The molecular weight excluding hydrogens is 156 g/mol. The Morgan fingerprint density at radius 1 is 0.769 bits per heavy atom. The van der Waals surface area contributed by atoms with E-state index in [0.29, 0.717) is 10.8 Å². The molecule has 0 aromatic heterocycles. The van der Waals surface area contributed by atoms with E-state index in [-0.39, 0.29) is 0 Å². The van der Waals surface area contributed by atoms with Crippen LogP contribution in [-0.4, -0.2) is 0 Å². The number of rotatable bonds is 4. The molecule has 0 aliphatic heterocycles. The average Bonchev–Trinajstić information content (AvgIpc) is 2.19. The van der Waals surface area contributed by atoms with Gasteiger partial charge in [0.1, 0.15) is 0 Å². The van der Waals surface area contributed by atoms with Crippen LogP contribution in [0, 0.1) is 23.7 Å². The van der Waals surface area contributed by atoms with Gasteiger partial charge in [-0.1, -0.05) is 60.8 Å². The molecule has 0 aliphatic carbocycles. The summed E-state index contributed by atoms with van der Waals surface area (Å²) >= 11 is 0. The third-order valence-corrected chi connectivity index (χ3v) is 4.08. The minimum absolute atomic E-state index is 0.497. The minimum Gasteiger partial charge on any atom is -0.124 e. The van der Waals surface area contributed by atoms with Crippen molar-refractivity contribution in [1.29, 1.82) is 0 Å². The van der Waals surface area contributed by atoms with Crippen LogP contribution in [0.2, 0.25) is 0 Å². The molecule has 0 radical (unpaired) electrons. The molecule has 0 saturated heterocycles. The smallest absolute Gasteiger partial charge is 0.0280 e. The zero-order valence-electron chi connectivity index (χ0n) is 10.3. The fourth-order valence-corrected chi connectivity index (χ4v) is 1.63. The summed E-state index contributed by atoms with van der Waals surface area (Å²) in [4.78, 5) is 0. The lowest BCUT2D eigenvalue weighted by molar-refractivity contribution is 0.0736.